The number of benzene rings is 2. The van der Waals surface area contributed by atoms with Gasteiger partial charge in [0.1, 0.15) is 11.6 Å². The van der Waals surface area contributed by atoms with Crippen LogP contribution in [0.5, 0.6) is 5.75 Å². The number of halogens is 1. The molecule has 0 radical (unpaired) electrons. The molecule has 0 bridgehead atoms. The first-order valence-corrected chi connectivity index (χ1v) is 8.32. The molecule has 0 saturated carbocycles. The van der Waals surface area contributed by atoms with E-state index in [1.165, 1.54) is 13.0 Å². The molecule has 6 heteroatoms. The van der Waals surface area contributed by atoms with E-state index in [0.29, 0.717) is 16.9 Å². The van der Waals surface area contributed by atoms with E-state index < -0.39 is 6.04 Å². The van der Waals surface area contributed by atoms with E-state index in [9.17, 15) is 14.0 Å². The standard InChI is InChI=1S/C20H23FN2O3/c1-13-4-5-15(10-18(13)21)12-22-20(25)11-19(23-14(2)24)16-6-8-17(26-3)9-7-16/h4-10,19H,11-12H2,1-3H3,(H,22,25)(H,23,24)/t19-/m1/s1. The van der Waals surface area contributed by atoms with Crippen LogP contribution in [-0.2, 0) is 16.1 Å². The molecule has 5 nitrogen and oxygen atoms in total. The van der Waals surface area contributed by atoms with Crippen LogP contribution in [0, 0.1) is 12.7 Å². The summed E-state index contributed by atoms with van der Waals surface area (Å²) in [6, 6.07) is 11.6. The lowest BCUT2D eigenvalue weighted by atomic mass is 10.0. The molecule has 0 aliphatic carbocycles. The van der Waals surface area contributed by atoms with Crippen LogP contribution in [0.25, 0.3) is 0 Å². The molecule has 0 unspecified atom stereocenters. The molecule has 0 heterocycles. The number of hydrogen-bond acceptors (Lipinski definition) is 3. The SMILES string of the molecule is COc1ccc([C@@H](CC(=O)NCc2ccc(C)c(F)c2)NC(C)=O)cc1. The maximum Gasteiger partial charge on any atom is 0.222 e. The molecular weight excluding hydrogens is 335 g/mol. The minimum atomic E-state index is -0.451. The zero-order valence-electron chi connectivity index (χ0n) is 15.1. The largest absolute Gasteiger partial charge is 0.497 e. The Labute approximate surface area is 152 Å². The summed E-state index contributed by atoms with van der Waals surface area (Å²) in [5.74, 6) is -0.0629. The van der Waals surface area contributed by atoms with E-state index >= 15 is 0 Å². The lowest BCUT2D eigenvalue weighted by Gasteiger charge is -2.18. The third-order valence-electron chi connectivity index (χ3n) is 4.01. The summed E-state index contributed by atoms with van der Waals surface area (Å²) < 4.78 is 18.7. The highest BCUT2D eigenvalue weighted by atomic mass is 19.1. The van der Waals surface area contributed by atoms with Crippen LogP contribution in [-0.4, -0.2) is 18.9 Å². The van der Waals surface area contributed by atoms with E-state index in [2.05, 4.69) is 10.6 Å². The van der Waals surface area contributed by atoms with Crippen molar-refractivity contribution in [3.05, 3.63) is 65.0 Å². The highest BCUT2D eigenvalue weighted by Gasteiger charge is 2.17. The van der Waals surface area contributed by atoms with Crippen molar-refractivity contribution in [3.8, 4) is 5.75 Å². The number of nitrogens with one attached hydrogen (secondary N) is 2. The van der Waals surface area contributed by atoms with Gasteiger partial charge >= 0.3 is 0 Å². The summed E-state index contributed by atoms with van der Waals surface area (Å²) >= 11 is 0. The number of carbonyl (C=O) groups excluding carboxylic acids is 2. The van der Waals surface area contributed by atoms with Gasteiger partial charge < -0.3 is 15.4 Å². The van der Waals surface area contributed by atoms with Crippen LogP contribution in [0.4, 0.5) is 4.39 Å². The predicted octanol–water partition coefficient (Wildman–Crippen LogP) is 3.03. The Morgan fingerprint density at radius 2 is 1.85 bits per heavy atom. The maximum absolute atomic E-state index is 13.6. The van der Waals surface area contributed by atoms with Gasteiger partial charge in [-0.3, -0.25) is 9.59 Å². The number of ether oxygens (including phenoxy) is 1. The number of hydrogen-bond donors (Lipinski definition) is 2. The van der Waals surface area contributed by atoms with Gasteiger partial charge in [-0.25, -0.2) is 4.39 Å². The van der Waals surface area contributed by atoms with Crippen LogP contribution in [0.2, 0.25) is 0 Å². The Morgan fingerprint density at radius 1 is 1.15 bits per heavy atom. The Kier molecular flexibility index (Phi) is 6.72. The quantitative estimate of drug-likeness (QED) is 0.799. The van der Waals surface area contributed by atoms with Gasteiger partial charge in [0.2, 0.25) is 11.8 Å². The van der Waals surface area contributed by atoms with Gasteiger partial charge in [-0.05, 0) is 41.8 Å². The first-order chi connectivity index (χ1) is 12.4. The predicted molar refractivity (Wildman–Crippen MR) is 97.2 cm³/mol. The molecule has 26 heavy (non-hydrogen) atoms. The number of amides is 2. The Morgan fingerprint density at radius 3 is 2.42 bits per heavy atom. The lowest BCUT2D eigenvalue weighted by molar-refractivity contribution is -0.122. The minimum Gasteiger partial charge on any atom is -0.497 e. The lowest BCUT2D eigenvalue weighted by Crippen LogP contribution is -2.32. The molecule has 0 aromatic heterocycles. The van der Waals surface area contributed by atoms with Crippen LogP contribution >= 0.6 is 0 Å². The van der Waals surface area contributed by atoms with E-state index in [-0.39, 0.29) is 30.6 Å². The highest BCUT2D eigenvalue weighted by molar-refractivity contribution is 5.79. The summed E-state index contributed by atoms with van der Waals surface area (Å²) in [5.41, 5.74) is 2.05. The second-order valence-corrected chi connectivity index (χ2v) is 6.09. The molecule has 2 rings (SSSR count). The summed E-state index contributed by atoms with van der Waals surface area (Å²) in [4.78, 5) is 23.7. The molecular formula is C20H23FN2O3. The van der Waals surface area contributed by atoms with Gasteiger partial charge in [0.15, 0.2) is 0 Å². The van der Waals surface area contributed by atoms with Gasteiger partial charge in [0.05, 0.1) is 19.6 Å². The second-order valence-electron chi connectivity index (χ2n) is 6.09. The fraction of sp³-hybridized carbons (Fsp3) is 0.300. The first-order valence-electron chi connectivity index (χ1n) is 8.32. The van der Waals surface area contributed by atoms with Crippen molar-refractivity contribution in [2.75, 3.05) is 7.11 Å². The number of carbonyl (C=O) groups is 2. The fourth-order valence-corrected chi connectivity index (χ4v) is 2.54. The molecule has 0 spiro atoms. The molecule has 2 amide bonds. The van der Waals surface area contributed by atoms with Crippen molar-refractivity contribution >= 4 is 11.8 Å². The molecule has 0 fully saturated rings. The maximum atomic E-state index is 13.6. The summed E-state index contributed by atoms with van der Waals surface area (Å²) in [6.07, 6.45) is 0.0836. The van der Waals surface area contributed by atoms with Crippen LogP contribution in [0.3, 0.4) is 0 Å². The smallest absolute Gasteiger partial charge is 0.222 e. The van der Waals surface area contributed by atoms with Gasteiger partial charge in [0, 0.05) is 13.5 Å². The highest BCUT2D eigenvalue weighted by Crippen LogP contribution is 2.20. The van der Waals surface area contributed by atoms with Crippen LogP contribution < -0.4 is 15.4 Å². The molecule has 0 aliphatic rings. The number of methoxy groups -OCH3 is 1. The van der Waals surface area contributed by atoms with Crippen molar-refractivity contribution < 1.29 is 18.7 Å². The molecule has 2 aromatic rings. The molecule has 138 valence electrons. The van der Waals surface area contributed by atoms with Crippen molar-refractivity contribution in [3.63, 3.8) is 0 Å². The van der Waals surface area contributed by atoms with E-state index in [4.69, 9.17) is 4.74 Å². The third kappa shape index (κ3) is 5.58. The zero-order valence-corrected chi connectivity index (χ0v) is 15.1. The number of aryl methyl sites for hydroxylation is 1. The van der Waals surface area contributed by atoms with Crippen molar-refractivity contribution in [1.82, 2.24) is 10.6 Å². The molecule has 0 saturated heterocycles. The van der Waals surface area contributed by atoms with Crippen LogP contribution in [0.1, 0.15) is 36.1 Å². The zero-order chi connectivity index (χ0) is 19.1. The topological polar surface area (TPSA) is 67.4 Å². The average Bonchev–Trinajstić information content (AvgIpc) is 2.62. The van der Waals surface area contributed by atoms with Crippen molar-refractivity contribution in [1.29, 1.82) is 0 Å². The minimum absolute atomic E-state index is 0.0836. The summed E-state index contributed by atoms with van der Waals surface area (Å²) in [6.45, 7) is 3.32. The third-order valence-corrected chi connectivity index (χ3v) is 4.01. The Hall–Kier alpha value is -2.89. The van der Waals surface area contributed by atoms with Gasteiger partial charge in [-0.1, -0.05) is 24.3 Å². The van der Waals surface area contributed by atoms with E-state index in [0.717, 1.165) is 5.56 Å². The fourth-order valence-electron chi connectivity index (χ4n) is 2.54. The van der Waals surface area contributed by atoms with E-state index in [1.807, 2.05) is 12.1 Å². The van der Waals surface area contributed by atoms with Crippen LogP contribution in [0.15, 0.2) is 42.5 Å². The van der Waals surface area contributed by atoms with Crippen molar-refractivity contribution in [2.24, 2.45) is 0 Å². The second kappa shape index (κ2) is 8.99. The van der Waals surface area contributed by atoms with Gasteiger partial charge in [-0.2, -0.15) is 0 Å². The normalized spacial score (nSPS) is 11.5. The van der Waals surface area contributed by atoms with Crippen molar-refractivity contribution in [2.45, 2.75) is 32.9 Å². The van der Waals surface area contributed by atoms with E-state index in [1.54, 1.807) is 38.3 Å². The molecule has 0 aliphatic heterocycles. The average molecular weight is 358 g/mol. The summed E-state index contributed by atoms with van der Waals surface area (Å²) in [7, 11) is 1.57. The number of rotatable bonds is 7. The van der Waals surface area contributed by atoms with Gasteiger partial charge in [-0.15, -0.1) is 0 Å². The molecule has 1 atom stereocenters. The Bertz CT molecular complexity index is 775. The molecule has 2 N–H and O–H groups in total. The summed E-state index contributed by atoms with van der Waals surface area (Å²) in [5, 5.41) is 5.54. The van der Waals surface area contributed by atoms with Gasteiger partial charge in [0.25, 0.3) is 0 Å². The Balaban J connectivity index is 2.00. The molecule has 2 aromatic carbocycles. The first kappa shape index (κ1) is 19.4. The monoisotopic (exact) mass is 358 g/mol.